The molecule has 1 aliphatic rings. The molecule has 10 heteroatoms. The third-order valence-electron chi connectivity index (χ3n) is 5.81. The average Bonchev–Trinajstić information content (AvgIpc) is 2.81. The van der Waals surface area contributed by atoms with Crippen LogP contribution in [0.5, 0.6) is 5.75 Å². The summed E-state index contributed by atoms with van der Waals surface area (Å²) >= 11 is 0. The third-order valence-corrected chi connectivity index (χ3v) is 7.58. The maximum absolute atomic E-state index is 13.3. The Morgan fingerprint density at radius 1 is 1.12 bits per heavy atom. The van der Waals surface area contributed by atoms with Crippen LogP contribution in [0.4, 0.5) is 4.39 Å². The lowest BCUT2D eigenvalue weighted by Gasteiger charge is -2.46. The number of methoxy groups -OCH3 is 1. The molecule has 33 heavy (non-hydrogen) atoms. The van der Waals surface area contributed by atoms with Crippen LogP contribution in [-0.2, 0) is 32.7 Å². The minimum atomic E-state index is -3.69. The van der Waals surface area contributed by atoms with Gasteiger partial charge in [-0.15, -0.1) is 0 Å². The summed E-state index contributed by atoms with van der Waals surface area (Å²) < 4.78 is 44.5. The highest BCUT2D eigenvalue weighted by atomic mass is 32.2. The van der Waals surface area contributed by atoms with E-state index >= 15 is 0 Å². The minimum absolute atomic E-state index is 0.111. The van der Waals surface area contributed by atoms with Crippen molar-refractivity contribution in [2.75, 3.05) is 26.0 Å². The topological polar surface area (TPSA) is 96.0 Å². The van der Waals surface area contributed by atoms with Gasteiger partial charge in [0.05, 0.1) is 19.4 Å². The molecule has 1 N–H and O–H groups in total. The Labute approximate surface area is 193 Å². The highest BCUT2D eigenvalue weighted by Crippen LogP contribution is 2.28. The molecule has 0 spiro atoms. The van der Waals surface area contributed by atoms with E-state index in [1.807, 2.05) is 0 Å². The molecule has 0 aromatic heterocycles. The van der Waals surface area contributed by atoms with Crippen LogP contribution in [-0.4, -0.2) is 60.9 Å². The Hall–Kier alpha value is -2.98. The summed E-state index contributed by atoms with van der Waals surface area (Å²) in [5.74, 6) is -0.866. The number of sulfonamides is 1. The Kier molecular flexibility index (Phi) is 7.38. The van der Waals surface area contributed by atoms with Gasteiger partial charge in [0.1, 0.15) is 17.1 Å². The Morgan fingerprint density at radius 2 is 1.73 bits per heavy atom. The van der Waals surface area contributed by atoms with E-state index in [4.69, 9.17) is 4.74 Å². The number of amides is 2. The number of ether oxygens (including phenoxy) is 1. The zero-order valence-corrected chi connectivity index (χ0v) is 19.7. The second-order valence-corrected chi connectivity index (χ2v) is 10.3. The van der Waals surface area contributed by atoms with E-state index in [0.29, 0.717) is 11.3 Å². The van der Waals surface area contributed by atoms with Gasteiger partial charge in [-0.1, -0.05) is 24.3 Å². The summed E-state index contributed by atoms with van der Waals surface area (Å²) in [6, 6.07) is 12.8. The second-order valence-electron chi connectivity index (χ2n) is 8.08. The summed E-state index contributed by atoms with van der Waals surface area (Å²) in [5, 5.41) is 2.78. The molecule has 2 aromatic rings. The van der Waals surface area contributed by atoms with Crippen LogP contribution in [0, 0.1) is 5.82 Å². The molecule has 0 radical (unpaired) electrons. The standard InChI is InChI=1S/C23H28FN3O5S/c1-4-33(30,31)26-15-21(28)27(14-18-7-11-20(32-3)12-8-18)23(2,16-26)22(29)25-13-17-5-9-19(24)10-6-17/h5-12H,4,13-16H2,1-3H3,(H,25,29)/t23-/m1/s1. The van der Waals surface area contributed by atoms with Crippen molar-refractivity contribution >= 4 is 21.8 Å². The zero-order chi connectivity index (χ0) is 24.2. The molecule has 1 fully saturated rings. The molecule has 1 atom stereocenters. The lowest BCUT2D eigenvalue weighted by atomic mass is 9.94. The van der Waals surface area contributed by atoms with E-state index in [1.165, 1.54) is 24.0 Å². The fourth-order valence-corrected chi connectivity index (χ4v) is 4.84. The molecule has 8 nitrogen and oxygen atoms in total. The van der Waals surface area contributed by atoms with Crippen LogP contribution in [0.25, 0.3) is 0 Å². The molecule has 0 bridgehead atoms. The van der Waals surface area contributed by atoms with Crippen molar-refractivity contribution in [3.05, 3.63) is 65.5 Å². The van der Waals surface area contributed by atoms with Crippen molar-refractivity contribution in [3.63, 3.8) is 0 Å². The Morgan fingerprint density at radius 3 is 2.30 bits per heavy atom. The average molecular weight is 478 g/mol. The summed E-state index contributed by atoms with van der Waals surface area (Å²) in [6.45, 7) is 2.80. The van der Waals surface area contributed by atoms with Gasteiger partial charge in [-0.3, -0.25) is 9.59 Å². The van der Waals surface area contributed by atoms with Gasteiger partial charge in [-0.25, -0.2) is 12.8 Å². The van der Waals surface area contributed by atoms with Gasteiger partial charge in [-0.2, -0.15) is 4.31 Å². The van der Waals surface area contributed by atoms with Crippen molar-refractivity contribution in [2.24, 2.45) is 0 Å². The number of nitrogens with one attached hydrogen (secondary N) is 1. The molecule has 2 amide bonds. The largest absolute Gasteiger partial charge is 0.497 e. The predicted molar refractivity (Wildman–Crippen MR) is 121 cm³/mol. The van der Waals surface area contributed by atoms with Crippen molar-refractivity contribution in [2.45, 2.75) is 32.5 Å². The first-order valence-electron chi connectivity index (χ1n) is 10.5. The number of rotatable bonds is 8. The Bertz CT molecular complexity index is 1110. The highest BCUT2D eigenvalue weighted by molar-refractivity contribution is 7.89. The van der Waals surface area contributed by atoms with Crippen molar-refractivity contribution < 1.29 is 27.1 Å². The molecule has 3 rings (SSSR count). The van der Waals surface area contributed by atoms with Crippen LogP contribution in [0.2, 0.25) is 0 Å². The lowest BCUT2D eigenvalue weighted by Crippen LogP contribution is -2.69. The first-order chi connectivity index (χ1) is 15.6. The smallest absolute Gasteiger partial charge is 0.247 e. The van der Waals surface area contributed by atoms with E-state index in [0.717, 1.165) is 9.87 Å². The first-order valence-corrected chi connectivity index (χ1v) is 12.1. The van der Waals surface area contributed by atoms with Crippen LogP contribution in [0.15, 0.2) is 48.5 Å². The van der Waals surface area contributed by atoms with E-state index in [-0.39, 0.29) is 37.7 Å². The number of hydrogen-bond donors (Lipinski definition) is 1. The Balaban J connectivity index is 1.88. The van der Waals surface area contributed by atoms with Gasteiger partial charge < -0.3 is 15.0 Å². The summed E-state index contributed by atoms with van der Waals surface area (Å²) in [4.78, 5) is 27.9. The molecule has 0 aliphatic carbocycles. The predicted octanol–water partition coefficient (Wildman–Crippen LogP) is 1.90. The maximum atomic E-state index is 13.3. The van der Waals surface area contributed by atoms with E-state index in [9.17, 15) is 22.4 Å². The zero-order valence-electron chi connectivity index (χ0n) is 18.9. The summed E-state index contributed by atoms with van der Waals surface area (Å²) in [5.41, 5.74) is 0.00101. The van der Waals surface area contributed by atoms with Gasteiger partial charge in [0, 0.05) is 19.6 Å². The van der Waals surface area contributed by atoms with E-state index in [1.54, 1.807) is 50.4 Å². The SMILES string of the molecule is CCS(=O)(=O)N1CC(=O)N(Cc2ccc(OC)cc2)[C@@](C)(C(=O)NCc2ccc(F)cc2)C1. The fourth-order valence-electron chi connectivity index (χ4n) is 3.72. The van der Waals surface area contributed by atoms with Gasteiger partial charge in [-0.05, 0) is 49.2 Å². The van der Waals surface area contributed by atoms with Crippen LogP contribution >= 0.6 is 0 Å². The highest BCUT2D eigenvalue weighted by Gasteiger charge is 2.49. The van der Waals surface area contributed by atoms with E-state index < -0.39 is 27.4 Å². The molecule has 178 valence electrons. The van der Waals surface area contributed by atoms with Gasteiger partial charge >= 0.3 is 0 Å². The number of carbonyl (C=O) groups is 2. The van der Waals surface area contributed by atoms with Crippen LogP contribution in [0.1, 0.15) is 25.0 Å². The molecule has 0 unspecified atom stereocenters. The number of nitrogens with zero attached hydrogens (tertiary/aromatic N) is 2. The maximum Gasteiger partial charge on any atom is 0.247 e. The second kappa shape index (κ2) is 9.88. The number of piperazine rings is 1. The number of benzene rings is 2. The van der Waals surface area contributed by atoms with Gasteiger partial charge in [0.15, 0.2) is 0 Å². The summed E-state index contributed by atoms with van der Waals surface area (Å²) in [7, 11) is -2.14. The number of hydrogen-bond acceptors (Lipinski definition) is 5. The van der Waals surface area contributed by atoms with Gasteiger partial charge in [0.2, 0.25) is 21.8 Å². The van der Waals surface area contributed by atoms with Crippen molar-refractivity contribution in [3.8, 4) is 5.75 Å². The lowest BCUT2D eigenvalue weighted by molar-refractivity contribution is -0.153. The van der Waals surface area contributed by atoms with E-state index in [2.05, 4.69) is 5.32 Å². The van der Waals surface area contributed by atoms with Crippen molar-refractivity contribution in [1.82, 2.24) is 14.5 Å². The first kappa shape index (κ1) is 24.7. The molecular weight excluding hydrogens is 449 g/mol. The van der Waals surface area contributed by atoms with Gasteiger partial charge in [0.25, 0.3) is 0 Å². The molecule has 0 saturated carbocycles. The normalized spacial score (nSPS) is 19.4. The van der Waals surface area contributed by atoms with Crippen LogP contribution in [0.3, 0.4) is 0 Å². The molecule has 1 saturated heterocycles. The third kappa shape index (κ3) is 5.51. The molecule has 2 aromatic carbocycles. The van der Waals surface area contributed by atoms with Crippen molar-refractivity contribution in [1.29, 1.82) is 0 Å². The van der Waals surface area contributed by atoms with Crippen LogP contribution < -0.4 is 10.1 Å². The number of halogens is 1. The minimum Gasteiger partial charge on any atom is -0.497 e. The molecule has 1 aliphatic heterocycles. The fraction of sp³-hybridized carbons (Fsp3) is 0.391. The molecule has 1 heterocycles. The monoisotopic (exact) mass is 477 g/mol. The number of carbonyl (C=O) groups excluding carboxylic acids is 2. The summed E-state index contributed by atoms with van der Waals surface area (Å²) in [6.07, 6.45) is 0. The quantitative estimate of drug-likeness (QED) is 0.627. The molecular formula is C23H28FN3O5S.